The maximum Gasteiger partial charge on any atom is 0.305 e. The highest BCUT2D eigenvalue weighted by atomic mass is 19.1. The fourth-order valence-corrected chi connectivity index (χ4v) is 12.9. The molecule has 6 aromatic rings. The smallest absolute Gasteiger partial charge is 0.305 e. The standard InChI is InChI=1S/C77H95FN14O19/c1-8-46-32-51(96)22-23-53(46)47-20-18-45(19-21-47)31-58(68(104)84-57(66(79)102)33-49-36-80-28-26-54(49)52-16-11-9-14-41(52)2)85-69(105)59(34-63(100)101)86-70(106)60(39-93)87-71(107)64(43(4)94)90-74(110)76(6,35-48-15-10-12-17-55(48)78)91-72(108)65(44(5)95)89-61(97)38-82-67(103)56(24-25-62(98)99)88-75(111)77(7)27-13-29-92(77)73(109)42(3)30-50-37-81-40-83-50/h9-12,14-23,26,28,32,36-37,40,42-44,56-60,64-65,93-96H,8,13,24-25,27,29-31,33-35,38-39H2,1-7H3,(H2,79,102)(H,81,83)(H,82,103)(H,84,104)(H,85,105)(H,86,106)(H,87,107)(H,88,111)(H,89,97)(H,90,110)(H,91,108)(H,98,99)(H,100,101)/t42-,43-,44-,56+,57+,58+,59+,60+,64+,65+,76-,77+/m1/s1. The van der Waals surface area contributed by atoms with E-state index in [-0.39, 0.29) is 49.4 Å². The number of phenols is 1. The normalized spacial score (nSPS) is 16.5. The van der Waals surface area contributed by atoms with Crippen LogP contribution in [0.3, 0.4) is 0 Å². The second kappa shape index (κ2) is 39.4. The summed E-state index contributed by atoms with van der Waals surface area (Å²) in [6.45, 7) is 8.00. The summed E-state index contributed by atoms with van der Waals surface area (Å²) in [7, 11) is 0. The first-order valence-electron chi connectivity index (χ1n) is 35.9. The molecule has 0 aliphatic carbocycles. The van der Waals surface area contributed by atoms with Crippen LogP contribution >= 0.6 is 0 Å². The Morgan fingerprint density at radius 2 is 1.30 bits per heavy atom. The van der Waals surface area contributed by atoms with Gasteiger partial charge in [-0.1, -0.05) is 86.6 Å². The van der Waals surface area contributed by atoms with Crippen LogP contribution in [0.1, 0.15) is 107 Å². The van der Waals surface area contributed by atoms with Crippen LogP contribution in [0.15, 0.2) is 122 Å². The molecule has 34 heteroatoms. The average molecular weight is 1540 g/mol. The number of halogens is 1. The minimum atomic E-state index is -2.43. The maximum absolute atomic E-state index is 15.5. The first kappa shape index (κ1) is 86.2. The van der Waals surface area contributed by atoms with E-state index in [1.807, 2.05) is 38.1 Å². The number of H-pyrrole nitrogens is 1. The van der Waals surface area contributed by atoms with Gasteiger partial charge in [-0.05, 0) is 135 Å². The summed E-state index contributed by atoms with van der Waals surface area (Å²) in [5, 5.41) is 83.5. The summed E-state index contributed by atoms with van der Waals surface area (Å²) in [4.78, 5) is 192. The molecule has 0 spiro atoms. The lowest BCUT2D eigenvalue weighted by atomic mass is 9.90. The first-order valence-corrected chi connectivity index (χ1v) is 35.9. The van der Waals surface area contributed by atoms with Crippen LogP contribution in [0.4, 0.5) is 4.39 Å². The molecule has 11 amide bonds. The molecule has 1 fully saturated rings. The zero-order chi connectivity index (χ0) is 81.6. The van der Waals surface area contributed by atoms with Crippen LogP contribution < -0.4 is 53.6 Å². The van der Waals surface area contributed by atoms with E-state index in [0.29, 0.717) is 40.8 Å². The monoisotopic (exact) mass is 1540 g/mol. The van der Waals surface area contributed by atoms with E-state index in [9.17, 15) is 93.0 Å². The predicted octanol–water partition coefficient (Wildman–Crippen LogP) is 0.105. The molecular weight excluding hydrogens is 1440 g/mol. The number of imidazole rings is 1. The van der Waals surface area contributed by atoms with Crippen molar-refractivity contribution in [2.45, 2.75) is 178 Å². The van der Waals surface area contributed by atoms with Crippen molar-refractivity contribution in [2.75, 3.05) is 19.7 Å². The number of phenolic OH excluding ortho intramolecular Hbond substituents is 1. The number of aliphatic hydroxyl groups is 3. The molecule has 594 valence electrons. The number of nitrogens with one attached hydrogen (secondary N) is 10. The molecule has 4 aromatic carbocycles. The van der Waals surface area contributed by atoms with Gasteiger partial charge in [0.25, 0.3) is 0 Å². The fraction of sp³-hybridized carbons (Fsp3) is 0.416. The lowest BCUT2D eigenvalue weighted by Gasteiger charge is -2.36. The van der Waals surface area contributed by atoms with Gasteiger partial charge in [-0.3, -0.25) is 67.3 Å². The summed E-state index contributed by atoms with van der Waals surface area (Å²) < 4.78 is 15.5. The summed E-state index contributed by atoms with van der Waals surface area (Å²) in [6.07, 6.45) is 0.184. The molecule has 0 radical (unpaired) electrons. The Kier molecular flexibility index (Phi) is 30.6. The minimum absolute atomic E-state index is 0.0550. The van der Waals surface area contributed by atoms with E-state index in [0.717, 1.165) is 49.1 Å². The molecule has 1 aliphatic rings. The van der Waals surface area contributed by atoms with Gasteiger partial charge in [-0.15, -0.1) is 0 Å². The number of primary amides is 1. The van der Waals surface area contributed by atoms with Crippen LogP contribution in [0, 0.1) is 18.7 Å². The highest BCUT2D eigenvalue weighted by Gasteiger charge is 2.48. The Morgan fingerprint density at radius 3 is 1.93 bits per heavy atom. The van der Waals surface area contributed by atoms with Crippen LogP contribution in [-0.2, 0) is 94.4 Å². The Morgan fingerprint density at radius 1 is 0.658 bits per heavy atom. The number of aromatic hydroxyl groups is 1. The summed E-state index contributed by atoms with van der Waals surface area (Å²) in [5.41, 5.74) is 8.06. The molecule has 3 heterocycles. The number of aromatic amines is 1. The third-order valence-corrected chi connectivity index (χ3v) is 19.2. The van der Waals surface area contributed by atoms with Gasteiger partial charge < -0.3 is 94.1 Å². The van der Waals surface area contributed by atoms with Gasteiger partial charge in [0.2, 0.25) is 65.0 Å². The molecule has 0 bridgehead atoms. The molecule has 7 rings (SSSR count). The number of pyridine rings is 1. The van der Waals surface area contributed by atoms with Gasteiger partial charge in [0.1, 0.15) is 64.9 Å². The number of amides is 11. The van der Waals surface area contributed by atoms with Crippen LogP contribution in [0.25, 0.3) is 22.3 Å². The van der Waals surface area contributed by atoms with Gasteiger partial charge in [0, 0.05) is 68.9 Å². The zero-order valence-corrected chi connectivity index (χ0v) is 62.3. The number of benzene rings is 4. The number of carbonyl (C=O) groups is 13. The number of aliphatic hydroxyl groups excluding tert-OH is 3. The number of nitrogens with two attached hydrogens (primary N) is 1. The quantitative estimate of drug-likeness (QED) is 0.0243. The second-order valence-corrected chi connectivity index (χ2v) is 27.9. The van der Waals surface area contributed by atoms with Gasteiger partial charge in [-0.25, -0.2) is 9.37 Å². The Hall–Kier alpha value is -12.0. The molecule has 1 saturated heterocycles. The van der Waals surface area contributed by atoms with Crippen molar-refractivity contribution in [3.05, 3.63) is 161 Å². The van der Waals surface area contributed by atoms with Gasteiger partial charge >= 0.3 is 11.9 Å². The number of aryl methyl sites for hydroxylation is 2. The third kappa shape index (κ3) is 23.5. The molecule has 2 aromatic heterocycles. The Labute approximate surface area is 638 Å². The average Bonchev–Trinajstić information content (AvgIpc) is 1.78. The summed E-state index contributed by atoms with van der Waals surface area (Å²) in [5.74, 6) is -16.7. The number of rotatable bonds is 39. The van der Waals surface area contributed by atoms with Crippen molar-refractivity contribution in [1.82, 2.24) is 67.7 Å². The SMILES string of the molecule is CCc1cc(O)ccc1-c1ccc(C[C@H](NC(=O)[C@H](CC(=O)O)NC(=O)[C@H](CO)NC(=O)[C@@H](NC(=O)[C@@](C)(Cc2ccccc2F)NC(=O)[C@@H](NC(=O)CNC(=O)[C@H](CCC(=O)O)NC(=O)[C@]2(C)CCCN2C(=O)[C@H](C)Cc2cnc[nH]2)[C@@H](C)O)[C@@H](C)O)C(=O)N[C@@H](Cc2cnccc2-c2ccccc2C)C(N)=O)cc1. The Balaban J connectivity index is 1.06. The van der Waals surface area contributed by atoms with Gasteiger partial charge in [0.15, 0.2) is 0 Å². The van der Waals surface area contributed by atoms with E-state index >= 15 is 4.39 Å². The van der Waals surface area contributed by atoms with Crippen molar-refractivity contribution in [1.29, 1.82) is 0 Å². The van der Waals surface area contributed by atoms with Crippen molar-refractivity contribution >= 4 is 76.9 Å². The highest BCUT2D eigenvalue weighted by molar-refractivity contribution is 6.01. The Bertz CT molecular complexity index is 4370. The van der Waals surface area contributed by atoms with Crippen molar-refractivity contribution in [3.8, 4) is 28.0 Å². The molecular formula is C77H95FN14O19. The number of carbonyl (C=O) groups excluding carboxylic acids is 11. The zero-order valence-electron chi connectivity index (χ0n) is 62.3. The van der Waals surface area contributed by atoms with Crippen LogP contribution in [0.2, 0.25) is 0 Å². The third-order valence-electron chi connectivity index (χ3n) is 19.2. The second-order valence-electron chi connectivity index (χ2n) is 27.9. The number of carboxylic acid groups (broad SMARTS) is 2. The molecule has 1 aliphatic heterocycles. The lowest BCUT2D eigenvalue weighted by Crippen LogP contribution is -2.67. The minimum Gasteiger partial charge on any atom is -0.508 e. The fourth-order valence-electron chi connectivity index (χ4n) is 12.9. The molecule has 0 saturated carbocycles. The van der Waals surface area contributed by atoms with Crippen molar-refractivity contribution < 1.29 is 97.4 Å². The van der Waals surface area contributed by atoms with E-state index in [1.54, 1.807) is 61.8 Å². The van der Waals surface area contributed by atoms with Crippen LogP contribution in [-0.4, -0.2) is 213 Å². The maximum atomic E-state index is 15.5. The number of likely N-dealkylation sites (tertiary alicyclic amines) is 1. The highest BCUT2D eigenvalue weighted by Crippen LogP contribution is 2.33. The summed E-state index contributed by atoms with van der Waals surface area (Å²) in [6, 6.07) is 12.6. The van der Waals surface area contributed by atoms with Crippen molar-refractivity contribution in [3.63, 3.8) is 0 Å². The number of carboxylic acids is 2. The van der Waals surface area contributed by atoms with Crippen molar-refractivity contribution in [2.24, 2.45) is 11.7 Å². The molecule has 18 N–H and O–H groups in total. The molecule has 12 atom stereocenters. The van der Waals surface area contributed by atoms with E-state index < -0.39 is 187 Å². The number of aliphatic carboxylic acids is 2. The number of hydrogen-bond donors (Lipinski definition) is 17. The topological polar surface area (TPSA) is 522 Å². The number of aromatic nitrogens is 3. The van der Waals surface area contributed by atoms with E-state index in [1.165, 1.54) is 48.6 Å². The molecule has 111 heavy (non-hydrogen) atoms. The molecule has 0 unspecified atom stereocenters. The largest absolute Gasteiger partial charge is 0.508 e. The summed E-state index contributed by atoms with van der Waals surface area (Å²) >= 11 is 0. The van der Waals surface area contributed by atoms with E-state index in [2.05, 4.69) is 62.8 Å². The van der Waals surface area contributed by atoms with Crippen LogP contribution in [0.5, 0.6) is 5.75 Å². The number of nitrogens with zero attached hydrogens (tertiary/aromatic N) is 3. The predicted molar refractivity (Wildman–Crippen MR) is 397 cm³/mol. The van der Waals surface area contributed by atoms with Gasteiger partial charge in [0.05, 0.1) is 38.1 Å². The lowest BCUT2D eigenvalue weighted by molar-refractivity contribution is -0.147. The number of hydrogen-bond acceptors (Lipinski definition) is 19. The first-order chi connectivity index (χ1) is 52.6. The molecule has 33 nitrogen and oxygen atoms in total. The van der Waals surface area contributed by atoms with E-state index in [4.69, 9.17) is 5.73 Å². The van der Waals surface area contributed by atoms with Gasteiger partial charge in [-0.2, -0.15) is 0 Å².